The van der Waals surface area contributed by atoms with Crippen LogP contribution in [0.25, 0.3) is 0 Å². The fourth-order valence-electron chi connectivity index (χ4n) is 4.85. The number of carbonyl (C=O) groups is 2. The van der Waals surface area contributed by atoms with E-state index in [1.165, 1.54) is 12.1 Å². The van der Waals surface area contributed by atoms with E-state index in [0.29, 0.717) is 45.6 Å². The normalized spacial score (nSPS) is 17.1. The van der Waals surface area contributed by atoms with Gasteiger partial charge in [-0.25, -0.2) is 0 Å². The van der Waals surface area contributed by atoms with Crippen LogP contribution in [0.3, 0.4) is 0 Å². The van der Waals surface area contributed by atoms with Crippen LogP contribution in [0.2, 0.25) is 0 Å². The molecule has 2 amide bonds. The van der Waals surface area contributed by atoms with E-state index in [-0.39, 0.29) is 35.3 Å². The highest BCUT2D eigenvalue weighted by Gasteiger charge is 2.42. The predicted molar refractivity (Wildman–Crippen MR) is 129 cm³/mol. The largest absolute Gasteiger partial charge is 0.573 e. The molecule has 4 rings (SSSR count). The van der Waals surface area contributed by atoms with Gasteiger partial charge in [0.1, 0.15) is 17.2 Å². The van der Waals surface area contributed by atoms with Crippen molar-refractivity contribution in [3.05, 3.63) is 54.6 Å². The third kappa shape index (κ3) is 7.77. The summed E-state index contributed by atoms with van der Waals surface area (Å²) in [6.07, 6.45) is -1.06. The highest BCUT2D eigenvalue weighted by Crippen LogP contribution is 2.40. The minimum atomic E-state index is -4.76. The van der Waals surface area contributed by atoms with Gasteiger partial charge >= 0.3 is 6.36 Å². The van der Waals surface area contributed by atoms with E-state index in [1.54, 1.807) is 4.90 Å². The Labute approximate surface area is 214 Å². The fraction of sp³-hybridized carbons (Fsp3) is 0.481. The van der Waals surface area contributed by atoms with Crippen molar-refractivity contribution in [2.75, 3.05) is 39.4 Å². The molecule has 2 heterocycles. The molecule has 2 aromatic carbocycles. The molecular weight excluding hydrogens is 489 g/mol. The zero-order valence-corrected chi connectivity index (χ0v) is 20.5. The first-order valence-corrected chi connectivity index (χ1v) is 12.4. The number of ether oxygens (including phenoxy) is 3. The van der Waals surface area contributed by atoms with E-state index in [2.05, 4.69) is 4.74 Å². The average molecular weight is 521 g/mol. The number of amides is 2. The lowest BCUT2D eigenvalue weighted by molar-refractivity contribution is -0.274. The fourth-order valence-corrected chi connectivity index (χ4v) is 4.85. The molecule has 2 fully saturated rings. The molecule has 7 nitrogen and oxygen atoms in total. The van der Waals surface area contributed by atoms with Crippen molar-refractivity contribution in [2.45, 2.75) is 38.5 Å². The molecule has 0 saturated carbocycles. The Kier molecular flexibility index (Phi) is 8.45. The standard InChI is InChI=1S/C27H31F3N2O5/c28-27(29,30)37-23-10-8-22(9-11-23)36-19-25(34)32-17-14-26(20-32)12-15-31(16-13-26)24(33)7-4-18-35-21-5-2-1-3-6-21/h1-3,5-6,8-11H,4,7,12-20H2. The second kappa shape index (κ2) is 11.7. The van der Waals surface area contributed by atoms with Gasteiger partial charge in [-0.2, -0.15) is 0 Å². The number of para-hydroxylation sites is 1. The minimum Gasteiger partial charge on any atom is -0.494 e. The van der Waals surface area contributed by atoms with Gasteiger partial charge in [0.25, 0.3) is 5.91 Å². The predicted octanol–water partition coefficient (Wildman–Crippen LogP) is 4.66. The van der Waals surface area contributed by atoms with Crippen molar-refractivity contribution in [3.63, 3.8) is 0 Å². The third-order valence-electron chi connectivity index (χ3n) is 6.93. The summed E-state index contributed by atoms with van der Waals surface area (Å²) >= 11 is 0. The number of alkyl halides is 3. The number of nitrogens with zero attached hydrogens (tertiary/aromatic N) is 2. The number of rotatable bonds is 9. The summed E-state index contributed by atoms with van der Waals surface area (Å²) < 4.78 is 51.8. The molecule has 0 radical (unpaired) electrons. The lowest BCUT2D eigenvalue weighted by atomic mass is 9.77. The Hall–Kier alpha value is -3.43. The smallest absolute Gasteiger partial charge is 0.494 e. The van der Waals surface area contributed by atoms with E-state index in [4.69, 9.17) is 9.47 Å². The van der Waals surface area contributed by atoms with Crippen LogP contribution < -0.4 is 14.2 Å². The van der Waals surface area contributed by atoms with E-state index >= 15 is 0 Å². The number of halogens is 3. The summed E-state index contributed by atoms with van der Waals surface area (Å²) in [6, 6.07) is 14.5. The Morgan fingerprint density at radius 2 is 1.38 bits per heavy atom. The second-order valence-electron chi connectivity index (χ2n) is 9.52. The molecule has 0 unspecified atom stereocenters. The molecule has 1 spiro atoms. The van der Waals surface area contributed by atoms with Crippen LogP contribution in [0.15, 0.2) is 54.6 Å². The summed E-state index contributed by atoms with van der Waals surface area (Å²) in [5.41, 5.74) is 0.0133. The lowest BCUT2D eigenvalue weighted by Crippen LogP contribution is -2.45. The first kappa shape index (κ1) is 26.6. The maximum absolute atomic E-state index is 12.7. The monoisotopic (exact) mass is 520 g/mol. The highest BCUT2D eigenvalue weighted by atomic mass is 19.4. The van der Waals surface area contributed by atoms with E-state index in [9.17, 15) is 22.8 Å². The van der Waals surface area contributed by atoms with Crippen LogP contribution in [0.5, 0.6) is 17.2 Å². The Morgan fingerprint density at radius 1 is 0.784 bits per heavy atom. The maximum atomic E-state index is 12.7. The van der Waals surface area contributed by atoms with Crippen molar-refractivity contribution in [3.8, 4) is 17.2 Å². The van der Waals surface area contributed by atoms with Crippen LogP contribution in [0, 0.1) is 5.41 Å². The van der Waals surface area contributed by atoms with Crippen molar-refractivity contribution in [2.24, 2.45) is 5.41 Å². The summed E-state index contributed by atoms with van der Waals surface area (Å²) in [5, 5.41) is 0. The number of likely N-dealkylation sites (tertiary alicyclic amines) is 2. The Bertz CT molecular complexity index is 1040. The summed E-state index contributed by atoms with van der Waals surface area (Å²) in [6.45, 7) is 2.93. The minimum absolute atomic E-state index is 0.0133. The van der Waals surface area contributed by atoms with Gasteiger partial charge in [0.2, 0.25) is 5.91 Å². The van der Waals surface area contributed by atoms with Crippen LogP contribution in [-0.2, 0) is 9.59 Å². The average Bonchev–Trinajstić information content (AvgIpc) is 3.29. The zero-order valence-electron chi connectivity index (χ0n) is 20.5. The van der Waals surface area contributed by atoms with Crippen molar-refractivity contribution in [1.82, 2.24) is 9.80 Å². The number of hydrogen-bond acceptors (Lipinski definition) is 5. The Morgan fingerprint density at radius 3 is 2.03 bits per heavy atom. The van der Waals surface area contributed by atoms with Gasteiger partial charge in [-0.05, 0) is 67.5 Å². The van der Waals surface area contributed by atoms with Crippen molar-refractivity contribution in [1.29, 1.82) is 0 Å². The topological polar surface area (TPSA) is 68.3 Å². The number of benzene rings is 2. The summed E-state index contributed by atoms with van der Waals surface area (Å²) in [4.78, 5) is 29.0. The molecule has 0 N–H and O–H groups in total. The SMILES string of the molecule is O=C(CCCOc1ccccc1)N1CCC2(CC1)CCN(C(=O)COc1ccc(OC(F)(F)F)cc1)C2. The van der Waals surface area contributed by atoms with Crippen LogP contribution >= 0.6 is 0 Å². The van der Waals surface area contributed by atoms with Crippen LogP contribution in [-0.4, -0.2) is 67.4 Å². The number of hydrogen-bond donors (Lipinski definition) is 0. The quantitative estimate of drug-likeness (QED) is 0.450. The van der Waals surface area contributed by atoms with E-state index < -0.39 is 6.36 Å². The molecule has 2 saturated heterocycles. The van der Waals surface area contributed by atoms with Crippen LogP contribution in [0.1, 0.15) is 32.1 Å². The molecule has 0 atom stereocenters. The van der Waals surface area contributed by atoms with Gasteiger partial charge in [-0.1, -0.05) is 18.2 Å². The van der Waals surface area contributed by atoms with Gasteiger partial charge in [0.15, 0.2) is 6.61 Å². The second-order valence-corrected chi connectivity index (χ2v) is 9.52. The van der Waals surface area contributed by atoms with E-state index in [1.807, 2.05) is 35.2 Å². The van der Waals surface area contributed by atoms with Crippen molar-refractivity contribution < 1.29 is 37.0 Å². The lowest BCUT2D eigenvalue weighted by Gasteiger charge is -2.39. The molecule has 0 bridgehead atoms. The molecule has 2 aliphatic heterocycles. The zero-order chi connectivity index (χ0) is 26.3. The van der Waals surface area contributed by atoms with Gasteiger partial charge in [-0.3, -0.25) is 9.59 Å². The first-order chi connectivity index (χ1) is 17.7. The van der Waals surface area contributed by atoms with Gasteiger partial charge in [0.05, 0.1) is 6.61 Å². The van der Waals surface area contributed by atoms with Gasteiger partial charge < -0.3 is 24.0 Å². The number of carbonyl (C=O) groups excluding carboxylic acids is 2. The molecule has 0 aliphatic carbocycles. The highest BCUT2D eigenvalue weighted by molar-refractivity contribution is 5.78. The molecule has 0 aromatic heterocycles. The molecule has 37 heavy (non-hydrogen) atoms. The Balaban J connectivity index is 1.15. The molecule has 2 aliphatic rings. The number of piperidine rings is 1. The molecule has 2 aromatic rings. The summed E-state index contributed by atoms with van der Waals surface area (Å²) in [5.74, 6) is 0.715. The van der Waals surface area contributed by atoms with Crippen LogP contribution in [0.4, 0.5) is 13.2 Å². The maximum Gasteiger partial charge on any atom is 0.573 e. The molecular formula is C27H31F3N2O5. The van der Waals surface area contributed by atoms with E-state index in [0.717, 1.165) is 37.1 Å². The first-order valence-electron chi connectivity index (χ1n) is 12.4. The molecule has 200 valence electrons. The van der Waals surface area contributed by atoms with Crippen molar-refractivity contribution >= 4 is 11.8 Å². The molecule has 10 heteroatoms. The van der Waals surface area contributed by atoms with Gasteiger partial charge in [-0.15, -0.1) is 13.2 Å². The van der Waals surface area contributed by atoms with Gasteiger partial charge in [0, 0.05) is 32.6 Å². The third-order valence-corrected chi connectivity index (χ3v) is 6.93. The summed E-state index contributed by atoms with van der Waals surface area (Å²) in [7, 11) is 0.